The molecule has 0 aromatic carbocycles. The molecule has 106 valence electrons. The van der Waals surface area contributed by atoms with Crippen LogP contribution in [0.2, 0.25) is 0 Å². The van der Waals surface area contributed by atoms with E-state index in [4.69, 9.17) is 10.2 Å². The van der Waals surface area contributed by atoms with Crippen molar-refractivity contribution >= 4 is 16.0 Å². The van der Waals surface area contributed by atoms with Gasteiger partial charge in [-0.25, -0.2) is 13.1 Å². The highest BCUT2D eigenvalue weighted by Gasteiger charge is 2.42. The molecule has 3 N–H and O–H groups in total. The largest absolute Gasteiger partial charge is 0.480 e. The van der Waals surface area contributed by atoms with Gasteiger partial charge in [-0.15, -0.1) is 0 Å². The molecule has 1 heterocycles. The van der Waals surface area contributed by atoms with E-state index < -0.39 is 22.5 Å². The normalized spacial score (nSPS) is 17.3. The Labute approximate surface area is 110 Å². The highest BCUT2D eigenvalue weighted by atomic mass is 32.2. The summed E-state index contributed by atoms with van der Waals surface area (Å²) in [6, 6.07) is 0. The van der Waals surface area contributed by atoms with Gasteiger partial charge in [-0.3, -0.25) is 9.48 Å². The van der Waals surface area contributed by atoms with Crippen molar-refractivity contribution in [2.24, 2.45) is 5.41 Å². The molecule has 1 fully saturated rings. The van der Waals surface area contributed by atoms with Crippen LogP contribution in [0, 0.1) is 5.41 Å². The van der Waals surface area contributed by atoms with Crippen molar-refractivity contribution in [2.75, 3.05) is 13.2 Å². The van der Waals surface area contributed by atoms with E-state index in [1.54, 1.807) is 0 Å². The van der Waals surface area contributed by atoms with E-state index in [1.165, 1.54) is 0 Å². The van der Waals surface area contributed by atoms with E-state index in [2.05, 4.69) is 9.82 Å². The van der Waals surface area contributed by atoms with Gasteiger partial charge < -0.3 is 10.2 Å². The Hall–Kier alpha value is -1.45. The maximum Gasteiger partial charge on any atom is 0.325 e. The van der Waals surface area contributed by atoms with Gasteiger partial charge in [-0.05, 0) is 12.8 Å². The van der Waals surface area contributed by atoms with Crippen molar-refractivity contribution < 1.29 is 23.4 Å². The molecule has 1 aromatic heterocycles. The lowest BCUT2D eigenvalue weighted by atomic mass is 10.1. The summed E-state index contributed by atoms with van der Waals surface area (Å²) < 4.78 is 27.3. The lowest BCUT2D eigenvalue weighted by molar-refractivity contribution is -0.137. The van der Waals surface area contributed by atoms with E-state index in [9.17, 15) is 13.2 Å². The number of carboxylic acids is 1. The summed E-state index contributed by atoms with van der Waals surface area (Å²) in [5.74, 6) is -1.10. The molecule has 0 bridgehead atoms. The minimum absolute atomic E-state index is 0.0478. The second-order valence-corrected chi connectivity index (χ2v) is 6.52. The Balaban J connectivity index is 2.02. The fourth-order valence-electron chi connectivity index (χ4n) is 1.61. The number of rotatable bonds is 7. The number of nitrogens with one attached hydrogen (secondary N) is 1. The average molecular weight is 289 g/mol. The number of nitrogens with zero attached hydrogens (tertiary/aromatic N) is 2. The highest BCUT2D eigenvalue weighted by molar-refractivity contribution is 7.89. The summed E-state index contributed by atoms with van der Waals surface area (Å²) in [6.07, 6.45) is 3.85. The van der Waals surface area contributed by atoms with Crippen LogP contribution >= 0.6 is 0 Å². The monoisotopic (exact) mass is 289 g/mol. The number of hydrogen-bond acceptors (Lipinski definition) is 5. The number of aliphatic hydroxyl groups excluding tert-OH is 1. The summed E-state index contributed by atoms with van der Waals surface area (Å²) in [6.45, 7) is -0.264. The predicted octanol–water partition coefficient (Wildman–Crippen LogP) is -0.981. The van der Waals surface area contributed by atoms with Crippen molar-refractivity contribution in [3.8, 4) is 0 Å². The van der Waals surface area contributed by atoms with Crippen molar-refractivity contribution in [1.82, 2.24) is 14.5 Å². The quantitative estimate of drug-likeness (QED) is 0.593. The molecular formula is C10H15N3O5S. The smallest absolute Gasteiger partial charge is 0.325 e. The van der Waals surface area contributed by atoms with Gasteiger partial charge in [0.25, 0.3) is 0 Å². The van der Waals surface area contributed by atoms with Crippen LogP contribution in [0.1, 0.15) is 12.8 Å². The Kier molecular flexibility index (Phi) is 3.61. The first-order valence-corrected chi connectivity index (χ1v) is 7.20. The molecule has 0 atom stereocenters. The molecule has 1 saturated carbocycles. The number of carboxylic acid groups (broad SMARTS) is 1. The second kappa shape index (κ2) is 4.91. The van der Waals surface area contributed by atoms with E-state index in [-0.39, 0.29) is 23.5 Å². The third-order valence-corrected chi connectivity index (χ3v) is 4.50. The van der Waals surface area contributed by atoms with E-state index in [1.807, 2.05) is 0 Å². The third kappa shape index (κ3) is 3.31. The SMILES string of the molecule is O=C(O)Cn1cc(S(=O)(=O)NCC2(CO)CC2)cn1. The van der Waals surface area contributed by atoms with E-state index in [0.29, 0.717) is 0 Å². The van der Waals surface area contributed by atoms with Gasteiger partial charge in [0.05, 0.1) is 6.20 Å². The summed E-state index contributed by atoms with van der Waals surface area (Å²) in [4.78, 5) is 10.4. The molecular weight excluding hydrogens is 274 g/mol. The zero-order valence-electron chi connectivity index (χ0n) is 10.1. The highest BCUT2D eigenvalue weighted by Crippen LogP contribution is 2.44. The maximum absolute atomic E-state index is 11.9. The minimum atomic E-state index is -3.72. The van der Waals surface area contributed by atoms with Gasteiger partial charge in [-0.1, -0.05) is 0 Å². The van der Waals surface area contributed by atoms with Crippen LogP contribution in [-0.2, 0) is 21.4 Å². The van der Waals surface area contributed by atoms with Gasteiger partial charge in [0.2, 0.25) is 10.0 Å². The van der Waals surface area contributed by atoms with Crippen LogP contribution < -0.4 is 4.72 Å². The molecule has 19 heavy (non-hydrogen) atoms. The Bertz CT molecular complexity index is 576. The minimum Gasteiger partial charge on any atom is -0.480 e. The molecule has 8 nitrogen and oxygen atoms in total. The number of aliphatic hydroxyl groups is 1. The van der Waals surface area contributed by atoms with Crippen molar-refractivity contribution in [1.29, 1.82) is 0 Å². The number of aliphatic carboxylic acids is 1. The summed E-state index contributed by atoms with van der Waals surface area (Å²) in [5, 5.41) is 21.4. The van der Waals surface area contributed by atoms with Crippen LogP contribution in [0.5, 0.6) is 0 Å². The van der Waals surface area contributed by atoms with Crippen molar-refractivity contribution in [2.45, 2.75) is 24.3 Å². The molecule has 0 amide bonds. The first-order chi connectivity index (χ1) is 8.87. The molecule has 0 unspecified atom stereocenters. The van der Waals surface area contributed by atoms with Gasteiger partial charge in [0.15, 0.2) is 0 Å². The number of carbonyl (C=O) groups is 1. The van der Waals surface area contributed by atoms with Gasteiger partial charge in [0, 0.05) is 24.8 Å². The zero-order chi connectivity index (χ0) is 14.1. The van der Waals surface area contributed by atoms with Crippen LogP contribution in [0.15, 0.2) is 17.3 Å². The lowest BCUT2D eigenvalue weighted by Gasteiger charge is -2.12. The Morgan fingerprint density at radius 1 is 1.53 bits per heavy atom. The lowest BCUT2D eigenvalue weighted by Crippen LogP contribution is -2.31. The standard InChI is InChI=1S/C10H15N3O5S/c14-7-10(1-2-10)6-12-19(17,18)8-3-11-13(4-8)5-9(15)16/h3-4,12,14H,1-2,5-7H2,(H,15,16). The summed E-state index contributed by atoms with van der Waals surface area (Å²) in [7, 11) is -3.72. The van der Waals surface area contributed by atoms with Crippen LogP contribution in [0.4, 0.5) is 0 Å². The molecule has 1 aromatic rings. The number of sulfonamides is 1. The average Bonchev–Trinajstić information content (AvgIpc) is 2.98. The van der Waals surface area contributed by atoms with Gasteiger partial charge >= 0.3 is 5.97 Å². The first kappa shape index (κ1) is 14.0. The number of aromatic nitrogens is 2. The fraction of sp³-hybridized carbons (Fsp3) is 0.600. The Morgan fingerprint density at radius 3 is 2.74 bits per heavy atom. The van der Waals surface area contributed by atoms with Crippen molar-refractivity contribution in [3.63, 3.8) is 0 Å². The molecule has 1 aliphatic rings. The fourth-order valence-corrected chi connectivity index (χ4v) is 2.72. The first-order valence-electron chi connectivity index (χ1n) is 5.72. The van der Waals surface area contributed by atoms with Crippen molar-refractivity contribution in [3.05, 3.63) is 12.4 Å². The molecule has 0 spiro atoms. The third-order valence-electron chi connectivity index (χ3n) is 3.15. The van der Waals surface area contributed by atoms with Crippen LogP contribution in [0.25, 0.3) is 0 Å². The summed E-state index contributed by atoms with van der Waals surface area (Å²) >= 11 is 0. The second-order valence-electron chi connectivity index (χ2n) is 4.75. The number of hydrogen-bond donors (Lipinski definition) is 3. The molecule has 2 rings (SSSR count). The topological polar surface area (TPSA) is 122 Å². The van der Waals surface area contributed by atoms with Gasteiger partial charge in [-0.2, -0.15) is 5.10 Å². The Morgan fingerprint density at radius 2 is 2.21 bits per heavy atom. The van der Waals surface area contributed by atoms with E-state index in [0.717, 1.165) is 29.9 Å². The van der Waals surface area contributed by atoms with Crippen LogP contribution in [-0.4, -0.2) is 47.5 Å². The zero-order valence-corrected chi connectivity index (χ0v) is 10.9. The van der Waals surface area contributed by atoms with E-state index >= 15 is 0 Å². The molecule has 0 aliphatic heterocycles. The van der Waals surface area contributed by atoms with Gasteiger partial charge in [0.1, 0.15) is 11.4 Å². The van der Waals surface area contributed by atoms with Crippen LogP contribution in [0.3, 0.4) is 0 Å². The molecule has 0 saturated heterocycles. The predicted molar refractivity (Wildman–Crippen MR) is 63.8 cm³/mol. The summed E-state index contributed by atoms with van der Waals surface area (Å²) in [5.41, 5.74) is -0.329. The maximum atomic E-state index is 11.9. The molecule has 9 heteroatoms. The molecule has 1 aliphatic carbocycles. The molecule has 0 radical (unpaired) electrons.